The van der Waals surface area contributed by atoms with Crippen molar-refractivity contribution in [3.8, 4) is 17.2 Å². The number of benzene rings is 1. The molecule has 0 aliphatic carbocycles. The topological polar surface area (TPSA) is 75.1 Å². The summed E-state index contributed by atoms with van der Waals surface area (Å²) in [7, 11) is 3.02. The number of phenols is 1. The van der Waals surface area contributed by atoms with Crippen molar-refractivity contribution in [1.29, 1.82) is 0 Å². The zero-order chi connectivity index (χ0) is 18.2. The number of ether oxygens (including phenoxy) is 2. The molecular formula is C18H26IN3O3S. The molecule has 8 heteroatoms. The average Bonchev–Trinajstić information content (AvgIpc) is 3.03. The number of aromatic hydroxyl groups is 1. The van der Waals surface area contributed by atoms with Gasteiger partial charge in [-0.1, -0.05) is 0 Å². The summed E-state index contributed by atoms with van der Waals surface area (Å²) in [5.41, 5.74) is 2.16. The largest absolute Gasteiger partial charge is 0.502 e. The molecule has 0 unspecified atom stereocenters. The van der Waals surface area contributed by atoms with Crippen LogP contribution in [-0.4, -0.2) is 31.8 Å². The number of aryl methyl sites for hydroxylation is 1. The van der Waals surface area contributed by atoms with Crippen LogP contribution in [0.25, 0.3) is 0 Å². The van der Waals surface area contributed by atoms with E-state index in [1.807, 2.05) is 6.92 Å². The Balaban J connectivity index is 0.00000338. The molecule has 3 N–H and O–H groups in total. The maximum atomic E-state index is 9.98. The van der Waals surface area contributed by atoms with E-state index in [1.54, 1.807) is 23.5 Å². The highest BCUT2D eigenvalue weighted by Gasteiger charge is 2.11. The highest BCUT2D eigenvalue weighted by Crippen LogP contribution is 2.37. The van der Waals surface area contributed by atoms with Gasteiger partial charge < -0.3 is 25.2 Å². The zero-order valence-corrected chi connectivity index (χ0v) is 18.6. The van der Waals surface area contributed by atoms with Gasteiger partial charge in [0.1, 0.15) is 0 Å². The standard InChI is InChI=1S/C18H25N3O3S.HI/c1-5-19-18(21-11-16-12(2)6-7-25-16)20-10-13-8-14(23-3)17(22)15(9-13)24-4;/h6-9,22H,5,10-11H2,1-4H3,(H2,19,20,21);1H. The van der Waals surface area contributed by atoms with Gasteiger partial charge in [-0.15, -0.1) is 35.3 Å². The molecule has 2 rings (SSSR count). The van der Waals surface area contributed by atoms with Crippen LogP contribution in [0.3, 0.4) is 0 Å². The van der Waals surface area contributed by atoms with E-state index in [1.165, 1.54) is 24.7 Å². The molecule has 144 valence electrons. The van der Waals surface area contributed by atoms with E-state index in [0.717, 1.165) is 24.6 Å². The van der Waals surface area contributed by atoms with Gasteiger partial charge in [0.15, 0.2) is 17.5 Å². The third kappa shape index (κ3) is 5.94. The molecule has 1 aromatic heterocycles. The fraction of sp³-hybridized carbons (Fsp3) is 0.389. The lowest BCUT2D eigenvalue weighted by Crippen LogP contribution is -2.36. The number of phenolic OH excluding ortho intramolecular Hbond substituents is 1. The molecule has 6 nitrogen and oxygen atoms in total. The van der Waals surface area contributed by atoms with Crippen LogP contribution in [-0.2, 0) is 13.1 Å². The first-order valence-electron chi connectivity index (χ1n) is 8.08. The fourth-order valence-corrected chi connectivity index (χ4v) is 3.15. The van der Waals surface area contributed by atoms with Crippen LogP contribution in [0, 0.1) is 6.92 Å². The Morgan fingerprint density at radius 2 is 1.85 bits per heavy atom. The van der Waals surface area contributed by atoms with Gasteiger partial charge in [-0.2, -0.15) is 0 Å². The van der Waals surface area contributed by atoms with Crippen molar-refractivity contribution in [2.45, 2.75) is 26.9 Å². The van der Waals surface area contributed by atoms with E-state index >= 15 is 0 Å². The van der Waals surface area contributed by atoms with Gasteiger partial charge in [0.25, 0.3) is 0 Å². The summed E-state index contributed by atoms with van der Waals surface area (Å²) in [4.78, 5) is 5.89. The number of methoxy groups -OCH3 is 2. The molecule has 0 bridgehead atoms. The van der Waals surface area contributed by atoms with Crippen molar-refractivity contribution in [3.63, 3.8) is 0 Å². The molecule has 1 aromatic carbocycles. The highest BCUT2D eigenvalue weighted by molar-refractivity contribution is 14.0. The van der Waals surface area contributed by atoms with Crippen LogP contribution in [0.5, 0.6) is 17.2 Å². The summed E-state index contributed by atoms with van der Waals surface area (Å²) in [6.45, 7) is 6.08. The molecule has 26 heavy (non-hydrogen) atoms. The lowest BCUT2D eigenvalue weighted by molar-refractivity contribution is 0.339. The normalized spacial score (nSPS) is 10.8. The Bertz CT molecular complexity index is 709. The molecule has 0 radical (unpaired) electrons. The van der Waals surface area contributed by atoms with Gasteiger partial charge >= 0.3 is 0 Å². The van der Waals surface area contributed by atoms with Crippen LogP contribution < -0.4 is 20.1 Å². The van der Waals surface area contributed by atoms with Crippen molar-refractivity contribution >= 4 is 41.3 Å². The number of guanidine groups is 1. The minimum atomic E-state index is -0.00377. The molecular weight excluding hydrogens is 465 g/mol. The molecule has 0 aliphatic heterocycles. The first-order chi connectivity index (χ1) is 12.1. The smallest absolute Gasteiger partial charge is 0.200 e. The number of aliphatic imine (C=N–C) groups is 1. The molecule has 0 atom stereocenters. The highest BCUT2D eigenvalue weighted by atomic mass is 127. The molecule has 0 amide bonds. The van der Waals surface area contributed by atoms with Gasteiger partial charge in [-0.3, -0.25) is 0 Å². The van der Waals surface area contributed by atoms with Crippen LogP contribution in [0.4, 0.5) is 0 Å². The van der Waals surface area contributed by atoms with Gasteiger partial charge in [0, 0.05) is 11.4 Å². The second kappa shape index (κ2) is 11.1. The van der Waals surface area contributed by atoms with Crippen LogP contribution >= 0.6 is 35.3 Å². The predicted molar refractivity (Wildman–Crippen MR) is 117 cm³/mol. The average molecular weight is 491 g/mol. The number of hydrogen-bond acceptors (Lipinski definition) is 5. The second-order valence-corrected chi connectivity index (χ2v) is 6.43. The maximum absolute atomic E-state index is 9.98. The Hall–Kier alpha value is -1.68. The second-order valence-electron chi connectivity index (χ2n) is 5.42. The van der Waals surface area contributed by atoms with Crippen molar-refractivity contribution in [2.75, 3.05) is 20.8 Å². The van der Waals surface area contributed by atoms with E-state index < -0.39 is 0 Å². The monoisotopic (exact) mass is 491 g/mol. The first-order valence-corrected chi connectivity index (χ1v) is 8.96. The Labute approximate surface area is 175 Å². The third-order valence-corrected chi connectivity index (χ3v) is 4.71. The van der Waals surface area contributed by atoms with E-state index in [9.17, 15) is 5.11 Å². The SMILES string of the molecule is CCNC(=NCc1cc(OC)c(O)c(OC)c1)NCc1sccc1C.I. The number of halogens is 1. The number of thiophene rings is 1. The van der Waals surface area contributed by atoms with Crippen molar-refractivity contribution in [1.82, 2.24) is 10.6 Å². The zero-order valence-electron chi connectivity index (χ0n) is 15.5. The van der Waals surface area contributed by atoms with Crippen molar-refractivity contribution in [2.24, 2.45) is 4.99 Å². The van der Waals surface area contributed by atoms with Gasteiger partial charge in [-0.05, 0) is 48.6 Å². The minimum absolute atomic E-state index is 0. The Morgan fingerprint density at radius 1 is 1.19 bits per heavy atom. The first kappa shape index (κ1) is 22.4. The molecule has 1 heterocycles. The van der Waals surface area contributed by atoms with Crippen LogP contribution in [0.2, 0.25) is 0 Å². The lowest BCUT2D eigenvalue weighted by Gasteiger charge is -2.13. The third-order valence-electron chi connectivity index (χ3n) is 3.69. The Kier molecular flexibility index (Phi) is 9.57. The Morgan fingerprint density at radius 3 is 2.35 bits per heavy atom. The number of nitrogens with zero attached hydrogens (tertiary/aromatic N) is 1. The van der Waals surface area contributed by atoms with Gasteiger partial charge in [0.2, 0.25) is 5.75 Å². The van der Waals surface area contributed by atoms with Crippen molar-refractivity contribution in [3.05, 3.63) is 39.6 Å². The lowest BCUT2D eigenvalue weighted by atomic mass is 10.2. The summed E-state index contributed by atoms with van der Waals surface area (Å²) in [5, 5.41) is 18.6. The number of nitrogens with one attached hydrogen (secondary N) is 2. The summed E-state index contributed by atoms with van der Waals surface area (Å²) in [5.74, 6) is 1.48. The van der Waals surface area contributed by atoms with E-state index in [-0.39, 0.29) is 29.7 Å². The molecule has 0 saturated heterocycles. The summed E-state index contributed by atoms with van der Waals surface area (Å²) < 4.78 is 10.4. The molecule has 0 spiro atoms. The van der Waals surface area contributed by atoms with E-state index in [0.29, 0.717) is 18.0 Å². The van der Waals surface area contributed by atoms with E-state index in [4.69, 9.17) is 9.47 Å². The minimum Gasteiger partial charge on any atom is -0.502 e. The maximum Gasteiger partial charge on any atom is 0.200 e. The molecule has 0 aliphatic rings. The predicted octanol–water partition coefficient (Wildman–Crippen LogP) is 3.65. The van der Waals surface area contributed by atoms with E-state index in [2.05, 4.69) is 34.0 Å². The van der Waals surface area contributed by atoms with Crippen LogP contribution in [0.1, 0.15) is 22.9 Å². The van der Waals surface area contributed by atoms with Gasteiger partial charge in [-0.25, -0.2) is 4.99 Å². The van der Waals surface area contributed by atoms with Gasteiger partial charge in [0.05, 0.1) is 27.3 Å². The summed E-state index contributed by atoms with van der Waals surface area (Å²) >= 11 is 1.73. The molecule has 0 fully saturated rings. The quantitative estimate of drug-likeness (QED) is 0.313. The van der Waals surface area contributed by atoms with Crippen LogP contribution in [0.15, 0.2) is 28.6 Å². The number of hydrogen-bond donors (Lipinski definition) is 3. The summed E-state index contributed by atoms with van der Waals surface area (Å²) in [6.07, 6.45) is 0. The molecule has 2 aromatic rings. The summed E-state index contributed by atoms with van der Waals surface area (Å²) in [6, 6.07) is 5.63. The van der Waals surface area contributed by atoms with Crippen molar-refractivity contribution < 1.29 is 14.6 Å². The number of rotatable bonds is 7. The fourth-order valence-electron chi connectivity index (χ4n) is 2.30. The molecule has 0 saturated carbocycles.